The zero-order chi connectivity index (χ0) is 27.6. The lowest BCUT2D eigenvalue weighted by molar-refractivity contribution is -0.146. The SMILES string of the molecule is Cc1ccc2c(c1)C(=O)N(CCC(C(=O)O)C(O)CCc1ccc(-c3ccc(C(F)(F)F)cc3)cc1)C2=O. The van der Waals surface area contributed by atoms with Crippen molar-refractivity contribution in [2.75, 3.05) is 6.54 Å². The van der Waals surface area contributed by atoms with Gasteiger partial charge in [0.25, 0.3) is 11.8 Å². The summed E-state index contributed by atoms with van der Waals surface area (Å²) in [5.41, 5.74) is 2.85. The molecule has 0 spiro atoms. The number of aliphatic carboxylic acids is 1. The van der Waals surface area contributed by atoms with Crippen molar-refractivity contribution in [1.82, 2.24) is 4.90 Å². The lowest BCUT2D eigenvalue weighted by Gasteiger charge is -2.22. The number of benzene rings is 3. The standard InChI is InChI=1S/C29H26F3NO5/c1-17-2-12-22-24(16-17)27(36)33(26(22)35)15-14-23(28(37)38)25(34)13-5-18-3-6-19(7-4-18)20-8-10-21(11-9-20)29(30,31)32/h2-4,6-12,16,23,25,34H,5,13-15H2,1H3,(H,37,38). The van der Waals surface area contributed by atoms with Crippen molar-refractivity contribution < 1.29 is 37.8 Å². The van der Waals surface area contributed by atoms with Crippen LogP contribution in [0.3, 0.4) is 0 Å². The number of carbonyl (C=O) groups excluding carboxylic acids is 2. The Morgan fingerprint density at radius 2 is 1.45 bits per heavy atom. The highest BCUT2D eigenvalue weighted by molar-refractivity contribution is 6.21. The number of halogens is 3. The molecule has 0 saturated carbocycles. The number of aliphatic hydroxyl groups excluding tert-OH is 1. The first-order valence-corrected chi connectivity index (χ1v) is 12.1. The van der Waals surface area contributed by atoms with Crippen molar-refractivity contribution in [1.29, 1.82) is 0 Å². The first-order chi connectivity index (χ1) is 18.0. The number of aryl methyl sites for hydroxylation is 2. The quantitative estimate of drug-likeness (QED) is 0.367. The molecule has 1 heterocycles. The summed E-state index contributed by atoms with van der Waals surface area (Å²) in [7, 11) is 0. The highest BCUT2D eigenvalue weighted by atomic mass is 19.4. The van der Waals surface area contributed by atoms with Crippen LogP contribution < -0.4 is 0 Å². The Bertz CT molecular complexity index is 1350. The Labute approximate surface area is 217 Å². The summed E-state index contributed by atoms with van der Waals surface area (Å²) >= 11 is 0. The van der Waals surface area contributed by atoms with Gasteiger partial charge < -0.3 is 10.2 Å². The Balaban J connectivity index is 1.34. The second-order valence-electron chi connectivity index (χ2n) is 9.42. The number of nitrogens with zero attached hydrogens (tertiary/aromatic N) is 1. The molecule has 9 heteroatoms. The number of amides is 2. The topological polar surface area (TPSA) is 94.9 Å². The van der Waals surface area contributed by atoms with Gasteiger partial charge in [-0.2, -0.15) is 13.2 Å². The molecule has 0 radical (unpaired) electrons. The lowest BCUT2D eigenvalue weighted by Crippen LogP contribution is -2.36. The number of carboxylic acids is 1. The zero-order valence-electron chi connectivity index (χ0n) is 20.5. The highest BCUT2D eigenvalue weighted by Crippen LogP contribution is 2.31. The number of rotatable bonds is 9. The van der Waals surface area contributed by atoms with E-state index >= 15 is 0 Å². The van der Waals surface area contributed by atoms with Crippen molar-refractivity contribution in [3.63, 3.8) is 0 Å². The molecule has 1 aliphatic heterocycles. The molecule has 0 saturated heterocycles. The van der Waals surface area contributed by atoms with E-state index in [9.17, 15) is 37.8 Å². The van der Waals surface area contributed by atoms with Crippen LogP contribution in [0.4, 0.5) is 13.2 Å². The number of hydrogen-bond donors (Lipinski definition) is 2. The van der Waals surface area contributed by atoms with E-state index < -0.39 is 41.5 Å². The van der Waals surface area contributed by atoms with E-state index in [1.54, 1.807) is 49.4 Å². The molecule has 38 heavy (non-hydrogen) atoms. The smallest absolute Gasteiger partial charge is 0.416 e. The number of fused-ring (bicyclic) bond motifs is 1. The molecule has 2 unspecified atom stereocenters. The third-order valence-corrected chi connectivity index (χ3v) is 6.80. The first kappa shape index (κ1) is 27.1. The van der Waals surface area contributed by atoms with Gasteiger partial charge in [0.1, 0.15) is 0 Å². The fourth-order valence-corrected chi connectivity index (χ4v) is 4.59. The van der Waals surface area contributed by atoms with E-state index in [-0.39, 0.29) is 24.9 Å². The third-order valence-electron chi connectivity index (χ3n) is 6.80. The van der Waals surface area contributed by atoms with Crippen molar-refractivity contribution in [2.45, 2.75) is 38.5 Å². The van der Waals surface area contributed by atoms with Crippen molar-refractivity contribution in [3.05, 3.63) is 94.5 Å². The molecule has 4 rings (SSSR count). The largest absolute Gasteiger partial charge is 0.481 e. The molecule has 3 aromatic rings. The molecule has 0 aromatic heterocycles. The predicted octanol–water partition coefficient (Wildman–Crippen LogP) is 5.36. The van der Waals surface area contributed by atoms with Gasteiger partial charge >= 0.3 is 12.1 Å². The molecule has 6 nitrogen and oxygen atoms in total. The molecular weight excluding hydrogens is 499 g/mol. The third kappa shape index (κ3) is 5.78. The zero-order valence-corrected chi connectivity index (χ0v) is 20.5. The summed E-state index contributed by atoms with van der Waals surface area (Å²) in [6.45, 7) is 1.68. The fraction of sp³-hybridized carbons (Fsp3) is 0.276. The average molecular weight is 526 g/mol. The van der Waals surface area contributed by atoms with Gasteiger partial charge in [-0.3, -0.25) is 19.3 Å². The van der Waals surface area contributed by atoms with Crippen LogP contribution >= 0.6 is 0 Å². The van der Waals surface area contributed by atoms with Crippen molar-refractivity contribution in [3.8, 4) is 11.1 Å². The predicted molar refractivity (Wildman–Crippen MR) is 133 cm³/mol. The summed E-state index contributed by atoms with van der Waals surface area (Å²) in [5.74, 6) is -3.34. The molecule has 3 aromatic carbocycles. The highest BCUT2D eigenvalue weighted by Gasteiger charge is 2.37. The molecular formula is C29H26F3NO5. The van der Waals surface area contributed by atoms with E-state index in [4.69, 9.17) is 0 Å². The van der Waals surface area contributed by atoms with Gasteiger partial charge in [-0.05, 0) is 67.1 Å². The minimum Gasteiger partial charge on any atom is -0.481 e. The summed E-state index contributed by atoms with van der Waals surface area (Å²) in [4.78, 5) is 38.1. The van der Waals surface area contributed by atoms with Crippen LogP contribution in [0.15, 0.2) is 66.7 Å². The fourth-order valence-electron chi connectivity index (χ4n) is 4.59. The molecule has 1 aliphatic rings. The van der Waals surface area contributed by atoms with Gasteiger partial charge in [-0.25, -0.2) is 0 Å². The maximum atomic E-state index is 12.8. The molecule has 2 atom stereocenters. The van der Waals surface area contributed by atoms with Gasteiger partial charge in [-0.1, -0.05) is 48.0 Å². The Morgan fingerprint density at radius 1 is 0.868 bits per heavy atom. The number of hydrogen-bond acceptors (Lipinski definition) is 4. The number of carbonyl (C=O) groups is 3. The summed E-state index contributed by atoms with van der Waals surface area (Å²) in [5, 5.41) is 20.3. The molecule has 0 aliphatic carbocycles. The van der Waals surface area contributed by atoms with Gasteiger partial charge in [0.05, 0.1) is 28.7 Å². The van der Waals surface area contributed by atoms with Gasteiger partial charge in [0.15, 0.2) is 0 Å². The minimum absolute atomic E-state index is 0.0895. The first-order valence-electron chi connectivity index (χ1n) is 12.1. The Hall–Kier alpha value is -3.98. The number of alkyl halides is 3. The van der Waals surface area contributed by atoms with Crippen LogP contribution in [0.1, 0.15) is 50.2 Å². The number of aliphatic hydroxyl groups is 1. The van der Waals surface area contributed by atoms with Gasteiger partial charge in [0.2, 0.25) is 0 Å². The average Bonchev–Trinajstić information content (AvgIpc) is 3.11. The van der Waals surface area contributed by atoms with Gasteiger partial charge in [-0.15, -0.1) is 0 Å². The van der Waals surface area contributed by atoms with Gasteiger partial charge in [0, 0.05) is 6.54 Å². The van der Waals surface area contributed by atoms with Crippen LogP contribution in [-0.2, 0) is 17.4 Å². The van der Waals surface area contributed by atoms with Crippen LogP contribution in [-0.4, -0.2) is 45.5 Å². The summed E-state index contributed by atoms with van der Waals surface area (Å²) in [6, 6.07) is 16.8. The van der Waals surface area contributed by atoms with E-state index in [0.717, 1.165) is 33.7 Å². The van der Waals surface area contributed by atoms with Crippen molar-refractivity contribution in [2.24, 2.45) is 5.92 Å². The normalized spacial score (nSPS) is 14.9. The van der Waals surface area contributed by atoms with E-state index in [0.29, 0.717) is 17.5 Å². The number of imide groups is 1. The van der Waals surface area contributed by atoms with Crippen LogP contribution in [0.2, 0.25) is 0 Å². The van der Waals surface area contributed by atoms with E-state index in [2.05, 4.69) is 0 Å². The van der Waals surface area contributed by atoms with E-state index in [1.807, 2.05) is 0 Å². The molecule has 198 valence electrons. The lowest BCUT2D eigenvalue weighted by atomic mass is 9.93. The molecule has 0 bridgehead atoms. The number of carboxylic acid groups (broad SMARTS) is 1. The second kappa shape index (κ2) is 10.8. The van der Waals surface area contributed by atoms with Crippen LogP contribution in [0.5, 0.6) is 0 Å². The Morgan fingerprint density at radius 3 is 2.03 bits per heavy atom. The minimum atomic E-state index is -4.40. The molecule has 0 fully saturated rings. The monoisotopic (exact) mass is 525 g/mol. The van der Waals surface area contributed by atoms with E-state index in [1.165, 1.54) is 12.1 Å². The summed E-state index contributed by atoms with van der Waals surface area (Å²) < 4.78 is 38.3. The second-order valence-corrected chi connectivity index (χ2v) is 9.42. The maximum absolute atomic E-state index is 12.8. The Kier molecular flexibility index (Phi) is 7.68. The molecule has 2 N–H and O–H groups in total. The summed E-state index contributed by atoms with van der Waals surface area (Å²) in [6.07, 6.45) is -5.20. The van der Waals surface area contributed by atoms with Crippen molar-refractivity contribution >= 4 is 17.8 Å². The van der Waals surface area contributed by atoms with Crippen LogP contribution in [0, 0.1) is 12.8 Å². The molecule has 2 amide bonds. The maximum Gasteiger partial charge on any atom is 0.416 e. The van der Waals surface area contributed by atoms with Crippen LogP contribution in [0.25, 0.3) is 11.1 Å².